The lowest BCUT2D eigenvalue weighted by Crippen LogP contribution is -2.38. The Morgan fingerprint density at radius 1 is 1.26 bits per heavy atom. The Bertz CT molecular complexity index is 870. The van der Waals surface area contributed by atoms with Gasteiger partial charge in [0.15, 0.2) is 5.82 Å². The van der Waals surface area contributed by atoms with Crippen molar-refractivity contribution in [3.8, 4) is 11.4 Å². The fraction of sp³-hybridized carbons (Fsp3) is 0.450. The third kappa shape index (κ3) is 3.41. The third-order valence-corrected chi connectivity index (χ3v) is 5.82. The number of carbonyl (C=O) groups is 2. The Kier molecular flexibility index (Phi) is 4.59. The van der Waals surface area contributed by atoms with Gasteiger partial charge in [-0.15, -0.1) is 0 Å². The second kappa shape index (κ2) is 7.06. The van der Waals surface area contributed by atoms with Crippen molar-refractivity contribution in [2.75, 3.05) is 13.6 Å². The number of nitrogens with zero attached hydrogens (tertiary/aromatic N) is 4. The fourth-order valence-electron chi connectivity index (χ4n) is 4.22. The lowest BCUT2D eigenvalue weighted by molar-refractivity contribution is -0.124. The van der Waals surface area contributed by atoms with Gasteiger partial charge in [-0.3, -0.25) is 14.6 Å². The number of hydrogen-bond acceptors (Lipinski definition) is 5. The third-order valence-electron chi connectivity index (χ3n) is 5.82. The Labute approximate surface area is 158 Å². The van der Waals surface area contributed by atoms with Gasteiger partial charge < -0.3 is 10.2 Å². The average Bonchev–Trinajstić information content (AvgIpc) is 3.10. The van der Waals surface area contributed by atoms with Crippen LogP contribution in [-0.2, 0) is 4.79 Å². The lowest BCUT2D eigenvalue weighted by Gasteiger charge is -2.25. The molecule has 27 heavy (non-hydrogen) atoms. The van der Waals surface area contributed by atoms with Gasteiger partial charge >= 0.3 is 0 Å². The maximum atomic E-state index is 13.0. The summed E-state index contributed by atoms with van der Waals surface area (Å²) in [4.78, 5) is 39.4. The molecular weight excluding hydrogens is 342 g/mol. The quantitative estimate of drug-likeness (QED) is 0.897. The van der Waals surface area contributed by atoms with Crippen LogP contribution in [0.25, 0.3) is 11.4 Å². The van der Waals surface area contributed by atoms with Gasteiger partial charge in [0.2, 0.25) is 5.91 Å². The summed E-state index contributed by atoms with van der Waals surface area (Å²) in [6, 6.07) is 3.88. The summed E-state index contributed by atoms with van der Waals surface area (Å²) in [6.07, 6.45) is 7.40. The van der Waals surface area contributed by atoms with E-state index in [1.807, 2.05) is 26.1 Å². The number of fused-ring (bicyclic) bond motifs is 1. The number of nitrogens with one attached hydrogen (secondary N) is 1. The highest BCUT2D eigenvalue weighted by atomic mass is 16.2. The molecule has 2 fully saturated rings. The number of rotatable bonds is 3. The molecule has 7 nitrogen and oxygen atoms in total. The fourth-order valence-corrected chi connectivity index (χ4v) is 4.22. The molecule has 0 spiro atoms. The second-order valence-corrected chi connectivity index (χ2v) is 7.50. The number of piperidine rings is 1. The molecule has 0 radical (unpaired) electrons. The lowest BCUT2D eigenvalue weighted by atomic mass is 9.89. The molecule has 3 heterocycles. The Balaban J connectivity index is 1.50. The SMILES string of the molecule is Cc1nc(-c2cccnc2)ncc1C(=O)N(C)[C@H]1C[C@H]2CC(=O)NC[C@H]2C1. The summed E-state index contributed by atoms with van der Waals surface area (Å²) in [5, 5.41) is 2.94. The highest BCUT2D eigenvalue weighted by Gasteiger charge is 2.40. The van der Waals surface area contributed by atoms with E-state index in [0.717, 1.165) is 24.9 Å². The first-order valence-corrected chi connectivity index (χ1v) is 9.31. The summed E-state index contributed by atoms with van der Waals surface area (Å²) < 4.78 is 0. The summed E-state index contributed by atoms with van der Waals surface area (Å²) in [5.41, 5.74) is 2.01. The van der Waals surface area contributed by atoms with Crippen LogP contribution in [0.15, 0.2) is 30.7 Å². The zero-order valence-corrected chi connectivity index (χ0v) is 15.6. The molecule has 1 N–H and O–H groups in total. The highest BCUT2D eigenvalue weighted by molar-refractivity contribution is 5.95. The van der Waals surface area contributed by atoms with Crippen molar-refractivity contribution in [3.05, 3.63) is 42.0 Å². The molecule has 2 aromatic heterocycles. The average molecular weight is 365 g/mol. The Morgan fingerprint density at radius 2 is 2.07 bits per heavy atom. The monoisotopic (exact) mass is 365 g/mol. The molecular formula is C20H23N5O2. The van der Waals surface area contributed by atoms with Gasteiger partial charge in [-0.1, -0.05) is 0 Å². The predicted molar refractivity (Wildman–Crippen MR) is 99.7 cm³/mol. The largest absolute Gasteiger partial charge is 0.356 e. The van der Waals surface area contributed by atoms with Crippen LogP contribution in [0.5, 0.6) is 0 Å². The van der Waals surface area contributed by atoms with Crippen LogP contribution in [0, 0.1) is 18.8 Å². The van der Waals surface area contributed by atoms with E-state index >= 15 is 0 Å². The van der Waals surface area contributed by atoms with Crippen LogP contribution in [0.4, 0.5) is 0 Å². The van der Waals surface area contributed by atoms with Crippen LogP contribution in [-0.4, -0.2) is 51.3 Å². The predicted octanol–water partition coefficient (Wildman–Crippen LogP) is 1.83. The van der Waals surface area contributed by atoms with E-state index in [-0.39, 0.29) is 17.9 Å². The summed E-state index contributed by atoms with van der Waals surface area (Å²) in [5.74, 6) is 1.48. The molecule has 2 amide bonds. The number of carbonyl (C=O) groups excluding carboxylic acids is 2. The number of aryl methyl sites for hydroxylation is 1. The van der Waals surface area contributed by atoms with Crippen LogP contribution < -0.4 is 5.32 Å². The van der Waals surface area contributed by atoms with Crippen molar-refractivity contribution < 1.29 is 9.59 Å². The summed E-state index contributed by atoms with van der Waals surface area (Å²) >= 11 is 0. The smallest absolute Gasteiger partial charge is 0.257 e. The highest BCUT2D eigenvalue weighted by Crippen LogP contribution is 2.38. The van der Waals surface area contributed by atoms with Gasteiger partial charge in [-0.2, -0.15) is 0 Å². The minimum Gasteiger partial charge on any atom is -0.356 e. The van der Waals surface area contributed by atoms with Gasteiger partial charge in [0.1, 0.15) is 0 Å². The van der Waals surface area contributed by atoms with Crippen molar-refractivity contribution in [1.82, 2.24) is 25.2 Å². The maximum Gasteiger partial charge on any atom is 0.257 e. The van der Waals surface area contributed by atoms with Crippen molar-refractivity contribution in [1.29, 1.82) is 0 Å². The van der Waals surface area contributed by atoms with Crippen molar-refractivity contribution in [3.63, 3.8) is 0 Å². The van der Waals surface area contributed by atoms with E-state index in [2.05, 4.69) is 20.3 Å². The molecule has 4 rings (SSSR count). The molecule has 1 aliphatic carbocycles. The molecule has 2 aromatic rings. The number of pyridine rings is 1. The molecule has 0 unspecified atom stereocenters. The summed E-state index contributed by atoms with van der Waals surface area (Å²) in [7, 11) is 1.84. The zero-order chi connectivity index (χ0) is 19.0. The minimum absolute atomic E-state index is 0.0619. The number of amides is 2. The first-order valence-electron chi connectivity index (χ1n) is 9.31. The van der Waals surface area contributed by atoms with E-state index in [1.54, 1.807) is 23.5 Å². The van der Waals surface area contributed by atoms with E-state index in [9.17, 15) is 9.59 Å². The first-order chi connectivity index (χ1) is 13.0. The van der Waals surface area contributed by atoms with Crippen LogP contribution in [0.2, 0.25) is 0 Å². The molecule has 0 bridgehead atoms. The molecule has 7 heteroatoms. The first kappa shape index (κ1) is 17.6. The maximum absolute atomic E-state index is 13.0. The molecule has 3 atom stereocenters. The van der Waals surface area contributed by atoms with Gasteiger partial charge in [0.05, 0.1) is 11.3 Å². The standard InChI is InChI=1S/C20H23N5O2/c1-12-17(11-23-19(24-12)13-4-3-5-21-9-13)20(27)25(2)16-6-14-8-18(26)22-10-15(14)7-16/h3-5,9,11,14-16H,6-8,10H2,1-2H3,(H,22,26)/t14-,15+,16-/m0/s1. The molecule has 1 aliphatic heterocycles. The van der Waals surface area contributed by atoms with Gasteiger partial charge in [0, 0.05) is 50.2 Å². The van der Waals surface area contributed by atoms with Crippen LogP contribution in [0.3, 0.4) is 0 Å². The topological polar surface area (TPSA) is 88.1 Å². The minimum atomic E-state index is -0.0619. The van der Waals surface area contributed by atoms with Gasteiger partial charge in [-0.05, 0) is 43.7 Å². The normalized spacial score (nSPS) is 24.2. The molecule has 1 saturated heterocycles. The van der Waals surface area contributed by atoms with Crippen molar-refractivity contribution >= 4 is 11.8 Å². The summed E-state index contributed by atoms with van der Waals surface area (Å²) in [6.45, 7) is 2.56. The van der Waals surface area contributed by atoms with E-state index in [0.29, 0.717) is 35.3 Å². The van der Waals surface area contributed by atoms with E-state index < -0.39 is 0 Å². The molecule has 0 aromatic carbocycles. The molecule has 140 valence electrons. The van der Waals surface area contributed by atoms with Crippen molar-refractivity contribution in [2.45, 2.75) is 32.2 Å². The Hall–Kier alpha value is -2.83. The van der Waals surface area contributed by atoms with Crippen LogP contribution in [0.1, 0.15) is 35.3 Å². The van der Waals surface area contributed by atoms with E-state index in [4.69, 9.17) is 0 Å². The molecule has 2 aliphatic rings. The molecule has 1 saturated carbocycles. The number of hydrogen-bond donors (Lipinski definition) is 1. The van der Waals surface area contributed by atoms with E-state index in [1.165, 1.54) is 0 Å². The second-order valence-electron chi connectivity index (χ2n) is 7.50. The van der Waals surface area contributed by atoms with Gasteiger partial charge in [0.25, 0.3) is 5.91 Å². The van der Waals surface area contributed by atoms with Crippen molar-refractivity contribution in [2.24, 2.45) is 11.8 Å². The van der Waals surface area contributed by atoms with Gasteiger partial charge in [-0.25, -0.2) is 9.97 Å². The zero-order valence-electron chi connectivity index (χ0n) is 15.6. The van der Waals surface area contributed by atoms with Crippen LogP contribution >= 0.6 is 0 Å². The Morgan fingerprint density at radius 3 is 2.81 bits per heavy atom. The number of aromatic nitrogens is 3.